The van der Waals surface area contributed by atoms with Gasteiger partial charge in [-0.3, -0.25) is 4.79 Å². The topological polar surface area (TPSA) is 47.6 Å². The molecule has 0 spiro atoms. The van der Waals surface area contributed by atoms with Crippen LogP contribution in [0, 0.1) is 13.8 Å². The number of aryl methyl sites for hydroxylation is 2. The molecule has 0 aromatic heterocycles. The van der Waals surface area contributed by atoms with Gasteiger partial charge in [0.15, 0.2) is 0 Å². The van der Waals surface area contributed by atoms with Crippen molar-refractivity contribution in [2.75, 3.05) is 26.9 Å². The summed E-state index contributed by atoms with van der Waals surface area (Å²) < 4.78 is 10.4. The van der Waals surface area contributed by atoms with Crippen LogP contribution in [-0.2, 0) is 9.53 Å². The monoisotopic (exact) mass is 291 g/mol. The Bertz CT molecular complexity index is 472. The number of ether oxygens (including phenoxy) is 2. The van der Waals surface area contributed by atoms with E-state index in [9.17, 15) is 4.79 Å². The van der Waals surface area contributed by atoms with Gasteiger partial charge in [-0.05, 0) is 62.1 Å². The van der Waals surface area contributed by atoms with Crippen molar-refractivity contribution in [2.24, 2.45) is 0 Å². The second-order valence-corrected chi connectivity index (χ2v) is 4.85. The zero-order valence-corrected chi connectivity index (χ0v) is 13.4. The molecule has 21 heavy (non-hydrogen) atoms. The van der Waals surface area contributed by atoms with Gasteiger partial charge in [-0.1, -0.05) is 0 Å². The van der Waals surface area contributed by atoms with Crippen molar-refractivity contribution in [2.45, 2.75) is 27.2 Å². The standard InChI is InChI=1S/C17H25NO3/c1-5-21-10-6-9-18-17(19)8-7-16-13(2)11-15(20-4)12-14(16)3/h7-8,11-12H,5-6,9-10H2,1-4H3,(H,18,19)/b8-7+. The van der Waals surface area contributed by atoms with Gasteiger partial charge in [0.25, 0.3) is 0 Å². The minimum Gasteiger partial charge on any atom is -0.497 e. The Morgan fingerprint density at radius 2 is 1.95 bits per heavy atom. The molecule has 0 radical (unpaired) electrons. The average Bonchev–Trinajstić information content (AvgIpc) is 2.45. The van der Waals surface area contributed by atoms with E-state index in [2.05, 4.69) is 5.32 Å². The van der Waals surface area contributed by atoms with Gasteiger partial charge in [0.2, 0.25) is 5.91 Å². The Hall–Kier alpha value is -1.81. The summed E-state index contributed by atoms with van der Waals surface area (Å²) in [6.07, 6.45) is 4.25. The fourth-order valence-corrected chi connectivity index (χ4v) is 2.06. The number of amides is 1. The fourth-order valence-electron chi connectivity index (χ4n) is 2.06. The molecule has 0 aliphatic heterocycles. The van der Waals surface area contributed by atoms with Crippen LogP contribution in [0.25, 0.3) is 6.08 Å². The van der Waals surface area contributed by atoms with E-state index in [1.54, 1.807) is 13.2 Å². The molecule has 1 N–H and O–H groups in total. The van der Waals surface area contributed by atoms with Crippen molar-refractivity contribution in [1.82, 2.24) is 5.32 Å². The summed E-state index contributed by atoms with van der Waals surface area (Å²) >= 11 is 0. The number of benzene rings is 1. The average molecular weight is 291 g/mol. The molecule has 0 unspecified atom stereocenters. The van der Waals surface area contributed by atoms with E-state index >= 15 is 0 Å². The minimum atomic E-state index is -0.0823. The maximum atomic E-state index is 11.7. The van der Waals surface area contributed by atoms with Gasteiger partial charge in [0.05, 0.1) is 7.11 Å². The lowest BCUT2D eigenvalue weighted by Gasteiger charge is -2.08. The molecule has 1 amide bonds. The maximum Gasteiger partial charge on any atom is 0.244 e. The van der Waals surface area contributed by atoms with Gasteiger partial charge in [-0.15, -0.1) is 0 Å². The molecule has 0 aliphatic carbocycles. The number of methoxy groups -OCH3 is 1. The number of carbonyl (C=O) groups excluding carboxylic acids is 1. The lowest BCUT2D eigenvalue weighted by atomic mass is 10.0. The van der Waals surface area contributed by atoms with E-state index in [0.717, 1.165) is 28.9 Å². The van der Waals surface area contributed by atoms with Crippen molar-refractivity contribution in [3.05, 3.63) is 34.9 Å². The summed E-state index contributed by atoms with van der Waals surface area (Å²) in [4.78, 5) is 11.7. The van der Waals surface area contributed by atoms with Gasteiger partial charge < -0.3 is 14.8 Å². The molecular formula is C17H25NO3. The number of hydrogen-bond donors (Lipinski definition) is 1. The minimum absolute atomic E-state index is 0.0823. The van der Waals surface area contributed by atoms with Crippen LogP contribution in [0.5, 0.6) is 5.75 Å². The summed E-state index contributed by atoms with van der Waals surface area (Å²) in [6, 6.07) is 3.93. The summed E-state index contributed by atoms with van der Waals surface area (Å²) in [5, 5.41) is 2.84. The largest absolute Gasteiger partial charge is 0.497 e. The Balaban J connectivity index is 2.54. The third-order valence-corrected chi connectivity index (χ3v) is 3.17. The lowest BCUT2D eigenvalue weighted by Crippen LogP contribution is -2.23. The Morgan fingerprint density at radius 3 is 2.52 bits per heavy atom. The number of carbonyl (C=O) groups is 1. The predicted octanol–water partition coefficient (Wildman–Crippen LogP) is 2.87. The van der Waals surface area contributed by atoms with E-state index in [4.69, 9.17) is 9.47 Å². The van der Waals surface area contributed by atoms with Gasteiger partial charge in [0.1, 0.15) is 5.75 Å². The first-order valence-electron chi connectivity index (χ1n) is 7.27. The Labute approximate surface area is 127 Å². The molecule has 0 saturated carbocycles. The van der Waals surface area contributed by atoms with Crippen LogP contribution in [0.4, 0.5) is 0 Å². The normalized spacial score (nSPS) is 10.9. The van der Waals surface area contributed by atoms with Gasteiger partial charge in [-0.2, -0.15) is 0 Å². The van der Waals surface area contributed by atoms with E-state index < -0.39 is 0 Å². The van der Waals surface area contributed by atoms with Crippen LogP contribution in [0.1, 0.15) is 30.0 Å². The lowest BCUT2D eigenvalue weighted by molar-refractivity contribution is -0.116. The highest BCUT2D eigenvalue weighted by atomic mass is 16.5. The molecular weight excluding hydrogens is 266 g/mol. The number of hydrogen-bond acceptors (Lipinski definition) is 3. The van der Waals surface area contributed by atoms with E-state index in [1.807, 2.05) is 39.0 Å². The SMILES string of the molecule is CCOCCCNC(=O)/C=C/c1c(C)cc(OC)cc1C. The first-order valence-corrected chi connectivity index (χ1v) is 7.27. The third kappa shape index (κ3) is 6.00. The van der Waals surface area contributed by atoms with Crippen molar-refractivity contribution < 1.29 is 14.3 Å². The van der Waals surface area contributed by atoms with Crippen LogP contribution in [-0.4, -0.2) is 32.8 Å². The third-order valence-electron chi connectivity index (χ3n) is 3.17. The van der Waals surface area contributed by atoms with E-state index in [1.165, 1.54) is 0 Å². The second kappa shape index (κ2) is 9.19. The quantitative estimate of drug-likeness (QED) is 0.592. The molecule has 0 fully saturated rings. The summed E-state index contributed by atoms with van der Waals surface area (Å²) in [5.41, 5.74) is 3.24. The highest BCUT2D eigenvalue weighted by molar-refractivity contribution is 5.92. The van der Waals surface area contributed by atoms with Crippen LogP contribution in [0.2, 0.25) is 0 Å². The molecule has 116 valence electrons. The molecule has 0 aliphatic rings. The Morgan fingerprint density at radius 1 is 1.29 bits per heavy atom. The number of nitrogens with one attached hydrogen (secondary N) is 1. The van der Waals surface area contributed by atoms with Crippen molar-refractivity contribution in [3.8, 4) is 5.75 Å². The smallest absolute Gasteiger partial charge is 0.244 e. The number of rotatable bonds is 8. The summed E-state index contributed by atoms with van der Waals surface area (Å²) in [7, 11) is 1.65. The first-order chi connectivity index (χ1) is 10.1. The first kappa shape index (κ1) is 17.2. The highest BCUT2D eigenvalue weighted by Crippen LogP contribution is 2.22. The predicted molar refractivity (Wildman–Crippen MR) is 85.6 cm³/mol. The van der Waals surface area contributed by atoms with Gasteiger partial charge in [0, 0.05) is 25.8 Å². The second-order valence-electron chi connectivity index (χ2n) is 4.85. The molecule has 0 bridgehead atoms. The zero-order chi connectivity index (χ0) is 15.7. The van der Waals surface area contributed by atoms with Crippen LogP contribution >= 0.6 is 0 Å². The van der Waals surface area contributed by atoms with Gasteiger partial charge in [-0.25, -0.2) is 0 Å². The molecule has 0 atom stereocenters. The molecule has 1 rings (SSSR count). The van der Waals surface area contributed by atoms with Gasteiger partial charge >= 0.3 is 0 Å². The maximum absolute atomic E-state index is 11.7. The van der Waals surface area contributed by atoms with Crippen LogP contribution in [0.15, 0.2) is 18.2 Å². The summed E-state index contributed by atoms with van der Waals surface area (Å²) in [6.45, 7) is 8.00. The van der Waals surface area contributed by atoms with Crippen LogP contribution in [0.3, 0.4) is 0 Å². The molecule has 4 nitrogen and oxygen atoms in total. The zero-order valence-electron chi connectivity index (χ0n) is 13.4. The van der Waals surface area contributed by atoms with Crippen molar-refractivity contribution >= 4 is 12.0 Å². The Kier molecular flexibility index (Phi) is 7.54. The van der Waals surface area contributed by atoms with E-state index in [-0.39, 0.29) is 5.91 Å². The molecule has 1 aromatic rings. The highest BCUT2D eigenvalue weighted by Gasteiger charge is 2.03. The van der Waals surface area contributed by atoms with Crippen molar-refractivity contribution in [1.29, 1.82) is 0 Å². The summed E-state index contributed by atoms with van der Waals surface area (Å²) in [5.74, 6) is 0.753. The van der Waals surface area contributed by atoms with Crippen LogP contribution < -0.4 is 10.1 Å². The van der Waals surface area contributed by atoms with E-state index in [0.29, 0.717) is 19.8 Å². The molecule has 4 heteroatoms. The molecule has 1 aromatic carbocycles. The molecule has 0 saturated heterocycles. The molecule has 0 heterocycles. The van der Waals surface area contributed by atoms with Crippen molar-refractivity contribution in [3.63, 3.8) is 0 Å². The fraction of sp³-hybridized carbons (Fsp3) is 0.471.